The third-order valence-corrected chi connectivity index (χ3v) is 6.30. The number of hydrogen-bond acceptors (Lipinski definition) is 4. The maximum absolute atomic E-state index is 12.6. The highest BCUT2D eigenvalue weighted by Crippen LogP contribution is 2.36. The first kappa shape index (κ1) is 14.4. The maximum atomic E-state index is 12.6. The van der Waals surface area contributed by atoms with Crippen LogP contribution in [0.5, 0.6) is 5.75 Å². The first-order valence-electron chi connectivity index (χ1n) is 6.47. The molecule has 110 valence electrons. The zero-order chi connectivity index (χ0) is 15.0. The van der Waals surface area contributed by atoms with Crippen LogP contribution in [0.4, 0.5) is 5.69 Å². The van der Waals surface area contributed by atoms with Crippen LogP contribution in [-0.4, -0.2) is 20.8 Å². The molecule has 2 aromatic carbocycles. The minimum Gasteiger partial charge on any atom is -0.493 e. The van der Waals surface area contributed by atoms with Crippen molar-refractivity contribution >= 4 is 31.5 Å². The molecule has 0 fully saturated rings. The number of sulfone groups is 1. The molecule has 2 N–H and O–H groups in total. The quantitative estimate of drug-likeness (QED) is 0.846. The largest absolute Gasteiger partial charge is 0.493 e. The van der Waals surface area contributed by atoms with E-state index >= 15 is 0 Å². The van der Waals surface area contributed by atoms with Gasteiger partial charge in [0.1, 0.15) is 5.75 Å². The summed E-state index contributed by atoms with van der Waals surface area (Å²) in [6.07, 6.45) is 0. The van der Waals surface area contributed by atoms with Crippen molar-refractivity contribution in [3.05, 3.63) is 52.5 Å². The summed E-state index contributed by atoms with van der Waals surface area (Å²) in [6, 6.07) is 12.3. The summed E-state index contributed by atoms with van der Waals surface area (Å²) in [7, 11) is -3.42. The molecule has 1 heterocycles. The number of halogens is 1. The van der Waals surface area contributed by atoms with Gasteiger partial charge >= 0.3 is 0 Å². The molecule has 0 aliphatic carbocycles. The van der Waals surface area contributed by atoms with Crippen LogP contribution in [0.25, 0.3) is 0 Å². The lowest BCUT2D eigenvalue weighted by Gasteiger charge is -2.11. The van der Waals surface area contributed by atoms with Crippen LogP contribution >= 0.6 is 15.9 Å². The number of anilines is 1. The van der Waals surface area contributed by atoms with E-state index in [1.54, 1.807) is 12.1 Å². The maximum Gasteiger partial charge on any atom is 0.180 e. The summed E-state index contributed by atoms with van der Waals surface area (Å²) in [5, 5.41) is 0. The number of para-hydroxylation sites is 1. The highest BCUT2D eigenvalue weighted by molar-refractivity contribution is 9.10. The van der Waals surface area contributed by atoms with Gasteiger partial charge in [0.25, 0.3) is 0 Å². The van der Waals surface area contributed by atoms with Crippen molar-refractivity contribution < 1.29 is 13.2 Å². The molecule has 21 heavy (non-hydrogen) atoms. The van der Waals surface area contributed by atoms with E-state index in [9.17, 15) is 8.42 Å². The standard InChI is InChI=1S/C15H14BrNO3S/c16-13-7-11(17)5-6-15(13)21(18,19)9-10-8-20-14-4-2-1-3-12(10)14/h1-7,10H,8-9,17H2. The highest BCUT2D eigenvalue weighted by atomic mass is 79.9. The number of fused-ring (bicyclic) bond motifs is 1. The van der Waals surface area contributed by atoms with Crippen molar-refractivity contribution in [2.45, 2.75) is 10.8 Å². The Morgan fingerprint density at radius 1 is 1.24 bits per heavy atom. The van der Waals surface area contributed by atoms with E-state index in [4.69, 9.17) is 10.5 Å². The van der Waals surface area contributed by atoms with Gasteiger partial charge in [-0.15, -0.1) is 0 Å². The van der Waals surface area contributed by atoms with Gasteiger partial charge in [-0.1, -0.05) is 18.2 Å². The topological polar surface area (TPSA) is 69.4 Å². The molecule has 1 unspecified atom stereocenters. The normalized spacial score (nSPS) is 17.3. The van der Waals surface area contributed by atoms with Crippen molar-refractivity contribution in [3.63, 3.8) is 0 Å². The molecule has 0 aromatic heterocycles. The molecule has 3 rings (SSSR count). The molecule has 0 spiro atoms. The minimum absolute atomic E-state index is 0.0204. The highest BCUT2D eigenvalue weighted by Gasteiger charge is 2.30. The average molecular weight is 368 g/mol. The smallest absolute Gasteiger partial charge is 0.180 e. The molecule has 6 heteroatoms. The monoisotopic (exact) mass is 367 g/mol. The minimum atomic E-state index is -3.42. The van der Waals surface area contributed by atoms with Gasteiger partial charge in [0.2, 0.25) is 0 Å². The van der Waals surface area contributed by atoms with E-state index in [2.05, 4.69) is 15.9 Å². The zero-order valence-corrected chi connectivity index (χ0v) is 13.5. The Morgan fingerprint density at radius 2 is 2.00 bits per heavy atom. The third-order valence-electron chi connectivity index (χ3n) is 3.51. The summed E-state index contributed by atoms with van der Waals surface area (Å²) in [4.78, 5) is 0.265. The first-order valence-corrected chi connectivity index (χ1v) is 8.91. The predicted molar refractivity (Wildman–Crippen MR) is 85.3 cm³/mol. The Hall–Kier alpha value is -1.53. The number of benzene rings is 2. The molecule has 2 aromatic rings. The van der Waals surface area contributed by atoms with Crippen molar-refractivity contribution in [1.82, 2.24) is 0 Å². The van der Waals surface area contributed by atoms with E-state index in [1.807, 2.05) is 24.3 Å². The molecular weight excluding hydrogens is 354 g/mol. The van der Waals surface area contributed by atoms with Crippen molar-refractivity contribution in [3.8, 4) is 5.75 Å². The summed E-state index contributed by atoms with van der Waals surface area (Å²) >= 11 is 3.27. The Morgan fingerprint density at radius 3 is 2.76 bits per heavy atom. The summed E-state index contributed by atoms with van der Waals surface area (Å²) < 4.78 is 31.2. The second-order valence-corrected chi connectivity index (χ2v) is 7.87. The van der Waals surface area contributed by atoms with E-state index in [0.29, 0.717) is 16.8 Å². The number of hydrogen-bond donors (Lipinski definition) is 1. The number of ether oxygens (including phenoxy) is 1. The Balaban J connectivity index is 1.91. The van der Waals surface area contributed by atoms with Crippen LogP contribution < -0.4 is 10.5 Å². The fourth-order valence-electron chi connectivity index (χ4n) is 2.49. The van der Waals surface area contributed by atoms with Crippen LogP contribution in [0.3, 0.4) is 0 Å². The first-order chi connectivity index (χ1) is 9.97. The van der Waals surface area contributed by atoms with E-state index in [0.717, 1.165) is 11.3 Å². The fraction of sp³-hybridized carbons (Fsp3) is 0.200. The van der Waals surface area contributed by atoms with Gasteiger partial charge < -0.3 is 10.5 Å². The van der Waals surface area contributed by atoms with E-state index in [-0.39, 0.29) is 16.6 Å². The van der Waals surface area contributed by atoms with Gasteiger partial charge in [-0.05, 0) is 40.2 Å². The molecule has 1 aliphatic heterocycles. The molecule has 1 atom stereocenters. The zero-order valence-electron chi connectivity index (χ0n) is 11.1. The number of rotatable bonds is 3. The summed E-state index contributed by atoms with van der Waals surface area (Å²) in [5.74, 6) is 0.650. The SMILES string of the molecule is Nc1ccc(S(=O)(=O)CC2COc3ccccc32)c(Br)c1. The lowest BCUT2D eigenvalue weighted by molar-refractivity contribution is 0.337. The lowest BCUT2D eigenvalue weighted by atomic mass is 10.0. The van der Waals surface area contributed by atoms with Gasteiger partial charge in [-0.25, -0.2) is 8.42 Å². The predicted octanol–water partition coefficient (Wildman–Crippen LogP) is 2.98. The summed E-state index contributed by atoms with van der Waals surface area (Å²) in [5.41, 5.74) is 7.13. The van der Waals surface area contributed by atoms with Gasteiger partial charge in [-0.3, -0.25) is 0 Å². The second kappa shape index (κ2) is 5.35. The van der Waals surface area contributed by atoms with Crippen molar-refractivity contribution in [1.29, 1.82) is 0 Å². The Kier molecular flexibility index (Phi) is 3.67. The van der Waals surface area contributed by atoms with Crippen LogP contribution in [0, 0.1) is 0 Å². The van der Waals surface area contributed by atoms with Gasteiger partial charge in [0.05, 0.1) is 17.3 Å². The molecule has 4 nitrogen and oxygen atoms in total. The molecular formula is C15H14BrNO3S. The molecule has 0 radical (unpaired) electrons. The number of nitrogens with two attached hydrogens (primary N) is 1. The second-order valence-electron chi connectivity index (χ2n) is 5.02. The van der Waals surface area contributed by atoms with Gasteiger partial charge in [-0.2, -0.15) is 0 Å². The van der Waals surface area contributed by atoms with Crippen molar-refractivity contribution in [2.75, 3.05) is 18.1 Å². The molecule has 0 saturated carbocycles. The molecule has 0 amide bonds. The van der Waals surface area contributed by atoms with Gasteiger partial charge in [0.15, 0.2) is 9.84 Å². The fourth-order valence-corrected chi connectivity index (χ4v) is 5.24. The Labute approximate surface area is 132 Å². The Bertz CT molecular complexity index is 789. The third kappa shape index (κ3) is 2.78. The van der Waals surface area contributed by atoms with Crippen molar-refractivity contribution in [2.24, 2.45) is 0 Å². The lowest BCUT2D eigenvalue weighted by Crippen LogP contribution is -2.16. The number of nitrogen functional groups attached to an aromatic ring is 1. The van der Waals surface area contributed by atoms with Crippen LogP contribution in [-0.2, 0) is 9.84 Å². The van der Waals surface area contributed by atoms with E-state index < -0.39 is 9.84 Å². The molecule has 1 aliphatic rings. The van der Waals surface area contributed by atoms with Gasteiger partial charge in [0, 0.05) is 21.6 Å². The summed E-state index contributed by atoms with van der Waals surface area (Å²) in [6.45, 7) is 0.394. The van der Waals surface area contributed by atoms with Crippen LogP contribution in [0.2, 0.25) is 0 Å². The van der Waals surface area contributed by atoms with E-state index in [1.165, 1.54) is 6.07 Å². The molecule has 0 bridgehead atoms. The van der Waals surface area contributed by atoms with Crippen LogP contribution in [0.1, 0.15) is 11.5 Å². The average Bonchev–Trinajstić information content (AvgIpc) is 2.81. The van der Waals surface area contributed by atoms with Crippen LogP contribution in [0.15, 0.2) is 51.8 Å². The molecule has 0 saturated heterocycles.